The van der Waals surface area contributed by atoms with Crippen molar-refractivity contribution >= 4 is 29.1 Å². The Balaban J connectivity index is 1.99. The SMILES string of the molecule is CC(Oc1ccc(Cl)cc1Cl)C(=O)NC1(CO)CCCC1. The summed E-state index contributed by atoms with van der Waals surface area (Å²) in [6.07, 6.45) is 2.92. The van der Waals surface area contributed by atoms with E-state index in [9.17, 15) is 9.90 Å². The van der Waals surface area contributed by atoms with Crippen LogP contribution in [0.1, 0.15) is 32.6 Å². The minimum atomic E-state index is -0.701. The number of ether oxygens (including phenoxy) is 1. The predicted molar refractivity (Wildman–Crippen MR) is 83.0 cm³/mol. The number of rotatable bonds is 5. The van der Waals surface area contributed by atoms with Crippen molar-refractivity contribution in [3.05, 3.63) is 28.2 Å². The van der Waals surface area contributed by atoms with Gasteiger partial charge in [-0.2, -0.15) is 0 Å². The molecule has 116 valence electrons. The first-order chi connectivity index (χ1) is 9.96. The van der Waals surface area contributed by atoms with Crippen LogP contribution in [0.15, 0.2) is 18.2 Å². The second-order valence-corrected chi connectivity index (χ2v) is 6.31. The van der Waals surface area contributed by atoms with Gasteiger partial charge >= 0.3 is 0 Å². The molecule has 1 unspecified atom stereocenters. The maximum Gasteiger partial charge on any atom is 0.261 e. The van der Waals surface area contributed by atoms with E-state index < -0.39 is 11.6 Å². The second-order valence-electron chi connectivity index (χ2n) is 5.47. The molecule has 0 saturated heterocycles. The highest BCUT2D eigenvalue weighted by atomic mass is 35.5. The maximum atomic E-state index is 12.2. The first-order valence-electron chi connectivity index (χ1n) is 7.00. The highest BCUT2D eigenvalue weighted by Gasteiger charge is 2.36. The molecule has 0 aliphatic heterocycles. The molecule has 1 amide bonds. The Morgan fingerprint density at radius 1 is 1.43 bits per heavy atom. The van der Waals surface area contributed by atoms with Gasteiger partial charge in [-0.3, -0.25) is 4.79 Å². The molecule has 1 fully saturated rings. The molecule has 1 aliphatic rings. The number of nitrogens with one attached hydrogen (secondary N) is 1. The maximum absolute atomic E-state index is 12.2. The normalized spacial score (nSPS) is 18.3. The van der Waals surface area contributed by atoms with Crippen molar-refractivity contribution in [2.75, 3.05) is 6.61 Å². The zero-order chi connectivity index (χ0) is 15.5. The van der Waals surface area contributed by atoms with Gasteiger partial charge in [-0.25, -0.2) is 0 Å². The van der Waals surface area contributed by atoms with Gasteiger partial charge in [-0.15, -0.1) is 0 Å². The highest BCUT2D eigenvalue weighted by Crippen LogP contribution is 2.30. The lowest BCUT2D eigenvalue weighted by Crippen LogP contribution is -2.52. The first-order valence-corrected chi connectivity index (χ1v) is 7.76. The van der Waals surface area contributed by atoms with Gasteiger partial charge in [0.15, 0.2) is 6.10 Å². The van der Waals surface area contributed by atoms with Gasteiger partial charge in [0.2, 0.25) is 0 Å². The summed E-state index contributed by atoms with van der Waals surface area (Å²) < 4.78 is 5.58. The van der Waals surface area contributed by atoms with Crippen LogP contribution in [0.5, 0.6) is 5.75 Å². The summed E-state index contributed by atoms with van der Waals surface area (Å²) >= 11 is 11.8. The van der Waals surface area contributed by atoms with Crippen molar-refractivity contribution in [3.63, 3.8) is 0 Å². The van der Waals surface area contributed by atoms with Crippen LogP contribution < -0.4 is 10.1 Å². The van der Waals surface area contributed by atoms with Crippen LogP contribution in [0.25, 0.3) is 0 Å². The molecule has 0 aromatic heterocycles. The van der Waals surface area contributed by atoms with Crippen LogP contribution in [-0.2, 0) is 4.79 Å². The lowest BCUT2D eigenvalue weighted by molar-refractivity contribution is -0.129. The van der Waals surface area contributed by atoms with E-state index >= 15 is 0 Å². The summed E-state index contributed by atoms with van der Waals surface area (Å²) in [6, 6.07) is 4.85. The van der Waals surface area contributed by atoms with Crippen LogP contribution in [-0.4, -0.2) is 29.3 Å². The summed E-state index contributed by atoms with van der Waals surface area (Å²) in [5.41, 5.74) is -0.501. The molecular formula is C15H19Cl2NO3. The third-order valence-corrected chi connectivity index (χ3v) is 4.35. The molecule has 0 spiro atoms. The fourth-order valence-corrected chi connectivity index (χ4v) is 3.01. The lowest BCUT2D eigenvalue weighted by Gasteiger charge is -2.29. The highest BCUT2D eigenvalue weighted by molar-refractivity contribution is 6.35. The van der Waals surface area contributed by atoms with Gasteiger partial charge in [0.25, 0.3) is 5.91 Å². The molecule has 1 atom stereocenters. The average molecular weight is 332 g/mol. The van der Waals surface area contributed by atoms with E-state index in [4.69, 9.17) is 27.9 Å². The fourth-order valence-electron chi connectivity index (χ4n) is 2.55. The van der Waals surface area contributed by atoms with E-state index in [-0.39, 0.29) is 12.5 Å². The van der Waals surface area contributed by atoms with Crippen LogP contribution in [0.2, 0.25) is 10.0 Å². The average Bonchev–Trinajstić information content (AvgIpc) is 2.91. The molecule has 1 aliphatic carbocycles. The van der Waals surface area contributed by atoms with Crippen LogP contribution >= 0.6 is 23.2 Å². The Labute approximate surface area is 134 Å². The third-order valence-electron chi connectivity index (χ3n) is 3.82. The standard InChI is InChI=1S/C15H19Cl2NO3/c1-10(21-13-5-4-11(16)8-12(13)17)14(20)18-15(9-19)6-2-3-7-15/h4-5,8,10,19H,2-3,6-7,9H2,1H3,(H,18,20). The number of carbonyl (C=O) groups excluding carboxylic acids is 1. The van der Waals surface area contributed by atoms with Gasteiger partial charge in [0.1, 0.15) is 5.75 Å². The number of hydrogen-bond acceptors (Lipinski definition) is 3. The van der Waals surface area contributed by atoms with E-state index in [0.29, 0.717) is 15.8 Å². The molecular weight excluding hydrogens is 313 g/mol. The number of aliphatic hydroxyl groups is 1. The second kappa shape index (κ2) is 6.86. The molecule has 1 aromatic rings. The third kappa shape index (κ3) is 4.02. The monoisotopic (exact) mass is 331 g/mol. The van der Waals surface area contributed by atoms with Crippen molar-refractivity contribution in [1.82, 2.24) is 5.32 Å². The molecule has 1 aromatic carbocycles. The number of halogens is 2. The first kappa shape index (κ1) is 16.4. The molecule has 6 heteroatoms. The zero-order valence-corrected chi connectivity index (χ0v) is 13.4. The summed E-state index contributed by atoms with van der Waals surface area (Å²) in [7, 11) is 0. The smallest absolute Gasteiger partial charge is 0.261 e. The van der Waals surface area contributed by atoms with E-state index in [1.165, 1.54) is 0 Å². The van der Waals surface area contributed by atoms with E-state index in [1.807, 2.05) is 0 Å². The largest absolute Gasteiger partial charge is 0.479 e. The van der Waals surface area contributed by atoms with Crippen molar-refractivity contribution < 1.29 is 14.6 Å². The molecule has 21 heavy (non-hydrogen) atoms. The molecule has 0 radical (unpaired) electrons. The van der Waals surface area contributed by atoms with Crippen LogP contribution in [0, 0.1) is 0 Å². The fraction of sp³-hybridized carbons (Fsp3) is 0.533. The molecule has 1 saturated carbocycles. The Morgan fingerprint density at radius 3 is 2.67 bits per heavy atom. The van der Waals surface area contributed by atoms with Crippen LogP contribution in [0.3, 0.4) is 0 Å². The Bertz CT molecular complexity index is 516. The van der Waals surface area contributed by atoms with Crippen LogP contribution in [0.4, 0.5) is 0 Å². The van der Waals surface area contributed by atoms with Gasteiger partial charge in [0.05, 0.1) is 17.2 Å². The summed E-state index contributed by atoms with van der Waals surface area (Å²) in [6.45, 7) is 1.60. The minimum absolute atomic E-state index is 0.0485. The molecule has 0 bridgehead atoms. The Morgan fingerprint density at radius 2 is 2.10 bits per heavy atom. The molecule has 2 rings (SSSR count). The Kier molecular flexibility index (Phi) is 5.36. The lowest BCUT2D eigenvalue weighted by atomic mass is 9.98. The van der Waals surface area contributed by atoms with Crippen molar-refractivity contribution in [1.29, 1.82) is 0 Å². The zero-order valence-electron chi connectivity index (χ0n) is 11.9. The topological polar surface area (TPSA) is 58.6 Å². The van der Waals surface area contributed by atoms with Gasteiger partial charge in [-0.1, -0.05) is 36.0 Å². The summed E-state index contributed by atoms with van der Waals surface area (Å²) in [5.74, 6) is 0.158. The quantitative estimate of drug-likeness (QED) is 0.871. The summed E-state index contributed by atoms with van der Waals surface area (Å²) in [5, 5.41) is 13.3. The van der Waals surface area contributed by atoms with Gasteiger partial charge in [0, 0.05) is 5.02 Å². The Hall–Kier alpha value is -0.970. The minimum Gasteiger partial charge on any atom is -0.479 e. The number of amides is 1. The van der Waals surface area contributed by atoms with Crippen molar-refractivity contribution in [3.8, 4) is 5.75 Å². The van der Waals surface area contributed by atoms with Crippen molar-refractivity contribution in [2.24, 2.45) is 0 Å². The number of hydrogen-bond donors (Lipinski definition) is 2. The number of carbonyl (C=O) groups is 1. The summed E-state index contributed by atoms with van der Waals surface area (Å²) in [4.78, 5) is 12.2. The molecule has 0 heterocycles. The van der Waals surface area contributed by atoms with Crippen molar-refractivity contribution in [2.45, 2.75) is 44.2 Å². The molecule has 2 N–H and O–H groups in total. The number of benzene rings is 1. The van der Waals surface area contributed by atoms with Gasteiger partial charge in [-0.05, 0) is 38.0 Å². The predicted octanol–water partition coefficient (Wildman–Crippen LogP) is 3.18. The van der Waals surface area contributed by atoms with E-state index in [0.717, 1.165) is 25.7 Å². The molecule has 4 nitrogen and oxygen atoms in total. The number of aliphatic hydroxyl groups excluding tert-OH is 1. The van der Waals surface area contributed by atoms with E-state index in [1.54, 1.807) is 25.1 Å². The van der Waals surface area contributed by atoms with E-state index in [2.05, 4.69) is 5.32 Å². The van der Waals surface area contributed by atoms with Gasteiger partial charge < -0.3 is 15.2 Å².